The second-order valence-electron chi connectivity index (χ2n) is 8.07. The van der Waals surface area contributed by atoms with Crippen LogP contribution in [0.4, 0.5) is 17.6 Å². The third-order valence-electron chi connectivity index (χ3n) is 4.45. The number of benzene rings is 1. The standard InChI is InChI=1S/C22H28F4O6/c1-7-30-18(28)21(23,19(29)31-8-2)16(13(3)17(27)32-20(4,5)6)14-9-11-15(12-10-14)22(24,25)26/h9-13,16H,7-8H2,1-6H3/t13-,16-/m0/s1. The maximum Gasteiger partial charge on any atom is 0.416 e. The van der Waals surface area contributed by atoms with Crippen LogP contribution in [0.15, 0.2) is 24.3 Å². The Morgan fingerprint density at radius 2 is 1.31 bits per heavy atom. The van der Waals surface area contributed by atoms with Crippen LogP contribution in [0, 0.1) is 5.92 Å². The summed E-state index contributed by atoms with van der Waals surface area (Å²) in [4.78, 5) is 37.9. The fourth-order valence-corrected chi connectivity index (χ4v) is 3.08. The van der Waals surface area contributed by atoms with E-state index in [9.17, 15) is 27.6 Å². The maximum absolute atomic E-state index is 16.3. The van der Waals surface area contributed by atoms with Gasteiger partial charge in [-0.15, -0.1) is 0 Å². The lowest BCUT2D eigenvalue weighted by atomic mass is 9.75. The molecule has 1 aromatic carbocycles. The minimum absolute atomic E-state index is 0.208. The van der Waals surface area contributed by atoms with Crippen LogP contribution in [-0.4, -0.2) is 42.4 Å². The molecule has 0 saturated carbocycles. The molecule has 180 valence electrons. The smallest absolute Gasteiger partial charge is 0.416 e. The molecule has 1 rings (SSSR count). The second kappa shape index (κ2) is 10.3. The van der Waals surface area contributed by atoms with E-state index < -0.39 is 52.8 Å². The molecule has 6 nitrogen and oxygen atoms in total. The van der Waals surface area contributed by atoms with Gasteiger partial charge in [0.1, 0.15) is 5.60 Å². The van der Waals surface area contributed by atoms with Crippen molar-refractivity contribution in [2.75, 3.05) is 13.2 Å². The van der Waals surface area contributed by atoms with Crippen molar-refractivity contribution in [1.82, 2.24) is 0 Å². The summed E-state index contributed by atoms with van der Waals surface area (Å²) in [6.45, 7) is 8.08. The highest BCUT2D eigenvalue weighted by atomic mass is 19.4. The molecule has 32 heavy (non-hydrogen) atoms. The van der Waals surface area contributed by atoms with Crippen LogP contribution in [0.3, 0.4) is 0 Å². The van der Waals surface area contributed by atoms with Gasteiger partial charge in [0.2, 0.25) is 0 Å². The van der Waals surface area contributed by atoms with Crippen molar-refractivity contribution in [3.05, 3.63) is 35.4 Å². The van der Waals surface area contributed by atoms with Gasteiger partial charge in [0, 0.05) is 0 Å². The summed E-state index contributed by atoms with van der Waals surface area (Å²) in [7, 11) is 0. The Bertz CT molecular complexity index is 793. The Balaban J connectivity index is 3.69. The van der Waals surface area contributed by atoms with Gasteiger partial charge in [0.15, 0.2) is 0 Å². The summed E-state index contributed by atoms with van der Waals surface area (Å²) in [6, 6.07) is 3.14. The number of carbonyl (C=O) groups is 3. The molecular weight excluding hydrogens is 436 g/mol. The van der Waals surface area contributed by atoms with Gasteiger partial charge >= 0.3 is 29.8 Å². The van der Waals surface area contributed by atoms with Crippen LogP contribution in [0.2, 0.25) is 0 Å². The number of ether oxygens (including phenoxy) is 3. The molecular formula is C22H28F4O6. The summed E-state index contributed by atoms with van der Waals surface area (Å²) < 4.78 is 70.0. The molecule has 0 aliphatic rings. The average Bonchev–Trinajstić information content (AvgIpc) is 2.66. The lowest BCUT2D eigenvalue weighted by Crippen LogP contribution is -2.53. The number of rotatable bonds is 8. The van der Waals surface area contributed by atoms with Crippen molar-refractivity contribution in [1.29, 1.82) is 0 Å². The summed E-state index contributed by atoms with van der Waals surface area (Å²) in [5.41, 5.74) is -5.73. The van der Waals surface area contributed by atoms with Gasteiger partial charge in [0.25, 0.3) is 0 Å². The van der Waals surface area contributed by atoms with E-state index in [2.05, 4.69) is 0 Å². The lowest BCUT2D eigenvalue weighted by molar-refractivity contribution is -0.180. The third-order valence-corrected chi connectivity index (χ3v) is 4.45. The molecule has 0 heterocycles. The van der Waals surface area contributed by atoms with Gasteiger partial charge in [-0.25, -0.2) is 14.0 Å². The van der Waals surface area contributed by atoms with Crippen LogP contribution < -0.4 is 0 Å². The maximum atomic E-state index is 16.3. The molecule has 0 N–H and O–H groups in total. The Morgan fingerprint density at radius 1 is 0.875 bits per heavy atom. The Kier molecular flexibility index (Phi) is 8.82. The summed E-state index contributed by atoms with van der Waals surface area (Å²) in [6.07, 6.45) is -4.67. The molecule has 0 fully saturated rings. The van der Waals surface area contributed by atoms with E-state index in [1.807, 2.05) is 0 Å². The van der Waals surface area contributed by atoms with Gasteiger partial charge in [-0.05, 0) is 52.3 Å². The van der Waals surface area contributed by atoms with Crippen molar-refractivity contribution >= 4 is 17.9 Å². The minimum atomic E-state index is -4.67. The predicted octanol–water partition coefficient (Wildman–Crippen LogP) is 4.60. The number of esters is 3. The molecule has 0 spiro atoms. The Labute approximate surface area is 184 Å². The van der Waals surface area contributed by atoms with Crippen molar-refractivity contribution in [3.63, 3.8) is 0 Å². The molecule has 0 unspecified atom stereocenters. The number of alkyl halides is 4. The third kappa shape index (κ3) is 6.43. The van der Waals surface area contributed by atoms with Crippen molar-refractivity contribution < 1.29 is 46.2 Å². The number of hydrogen-bond donors (Lipinski definition) is 0. The normalized spacial score (nSPS) is 14.3. The van der Waals surface area contributed by atoms with E-state index in [0.717, 1.165) is 12.1 Å². The molecule has 0 bridgehead atoms. The first-order valence-electron chi connectivity index (χ1n) is 10.0. The van der Waals surface area contributed by atoms with Gasteiger partial charge in [-0.3, -0.25) is 4.79 Å². The number of halogens is 4. The van der Waals surface area contributed by atoms with Crippen LogP contribution in [0.25, 0.3) is 0 Å². The number of carbonyl (C=O) groups excluding carboxylic acids is 3. The Hall–Kier alpha value is -2.65. The van der Waals surface area contributed by atoms with E-state index in [1.54, 1.807) is 20.8 Å². The van der Waals surface area contributed by atoms with Crippen molar-refractivity contribution in [2.24, 2.45) is 5.92 Å². The van der Waals surface area contributed by atoms with Crippen LogP contribution in [0.1, 0.15) is 58.6 Å². The quantitative estimate of drug-likeness (QED) is 0.242. The highest BCUT2D eigenvalue weighted by Crippen LogP contribution is 2.42. The molecule has 0 aliphatic carbocycles. The topological polar surface area (TPSA) is 78.9 Å². The highest BCUT2D eigenvalue weighted by Gasteiger charge is 2.60. The largest absolute Gasteiger partial charge is 0.463 e. The molecule has 1 aromatic rings. The zero-order chi connectivity index (χ0) is 24.9. The molecule has 0 aliphatic heterocycles. The summed E-state index contributed by atoms with van der Waals surface area (Å²) >= 11 is 0. The molecule has 0 aromatic heterocycles. The average molecular weight is 464 g/mol. The Morgan fingerprint density at radius 3 is 1.66 bits per heavy atom. The van der Waals surface area contributed by atoms with Gasteiger partial charge in [-0.2, -0.15) is 13.2 Å². The van der Waals surface area contributed by atoms with Crippen LogP contribution in [-0.2, 0) is 34.8 Å². The van der Waals surface area contributed by atoms with E-state index in [4.69, 9.17) is 14.2 Å². The molecule has 0 radical (unpaired) electrons. The van der Waals surface area contributed by atoms with Crippen molar-refractivity contribution in [2.45, 2.75) is 64.9 Å². The SMILES string of the molecule is CCOC(=O)C(F)(C(=O)OCC)[C@H](c1ccc(C(F)(F)F)cc1)[C@H](C)C(=O)OC(C)(C)C. The first-order valence-corrected chi connectivity index (χ1v) is 10.0. The monoisotopic (exact) mass is 464 g/mol. The van der Waals surface area contributed by atoms with E-state index >= 15 is 4.39 Å². The van der Waals surface area contributed by atoms with Gasteiger partial charge in [-0.1, -0.05) is 19.1 Å². The minimum Gasteiger partial charge on any atom is -0.463 e. The van der Waals surface area contributed by atoms with Crippen LogP contribution >= 0.6 is 0 Å². The molecule has 10 heteroatoms. The number of hydrogen-bond acceptors (Lipinski definition) is 6. The highest BCUT2D eigenvalue weighted by molar-refractivity contribution is 6.05. The summed E-state index contributed by atoms with van der Waals surface area (Å²) in [5, 5.41) is 0. The first-order chi connectivity index (χ1) is 14.6. The van der Waals surface area contributed by atoms with E-state index in [-0.39, 0.29) is 18.8 Å². The van der Waals surface area contributed by atoms with Gasteiger partial charge in [0.05, 0.1) is 30.6 Å². The van der Waals surface area contributed by atoms with Gasteiger partial charge < -0.3 is 14.2 Å². The predicted molar refractivity (Wildman–Crippen MR) is 106 cm³/mol. The van der Waals surface area contributed by atoms with Crippen molar-refractivity contribution in [3.8, 4) is 0 Å². The zero-order valence-electron chi connectivity index (χ0n) is 18.8. The fourth-order valence-electron chi connectivity index (χ4n) is 3.08. The molecule has 2 atom stereocenters. The summed E-state index contributed by atoms with van der Waals surface area (Å²) in [5.74, 6) is -7.53. The molecule has 0 amide bonds. The van der Waals surface area contributed by atoms with E-state index in [1.165, 1.54) is 20.8 Å². The molecule has 0 saturated heterocycles. The second-order valence-corrected chi connectivity index (χ2v) is 8.07. The zero-order valence-corrected chi connectivity index (χ0v) is 18.8. The lowest BCUT2D eigenvalue weighted by Gasteiger charge is -2.34. The van der Waals surface area contributed by atoms with E-state index in [0.29, 0.717) is 12.1 Å². The first kappa shape index (κ1) is 27.4. The van der Waals surface area contributed by atoms with Crippen LogP contribution in [0.5, 0.6) is 0 Å². The fraction of sp³-hybridized carbons (Fsp3) is 0.591.